The first-order chi connectivity index (χ1) is 8.67. The largest absolute Gasteiger partial charge is 0.398 e. The first kappa shape index (κ1) is 12.6. The molecule has 1 spiro atoms. The molecule has 3 rings (SSSR count). The molecule has 1 heterocycles. The first-order valence-electron chi connectivity index (χ1n) is 6.53. The minimum absolute atomic E-state index is 0.216. The summed E-state index contributed by atoms with van der Waals surface area (Å²) in [6.45, 7) is 0.903. The molecule has 4 heteroatoms. The highest BCUT2D eigenvalue weighted by Crippen LogP contribution is 2.46. The maximum atomic E-state index is 6.06. The van der Waals surface area contributed by atoms with E-state index in [1.54, 1.807) is 0 Å². The summed E-state index contributed by atoms with van der Waals surface area (Å²) >= 11 is 7.98. The van der Waals surface area contributed by atoms with Crippen LogP contribution >= 0.6 is 23.4 Å². The van der Waals surface area contributed by atoms with Crippen LogP contribution in [0, 0.1) is 0 Å². The van der Waals surface area contributed by atoms with E-state index < -0.39 is 0 Å². The minimum atomic E-state index is 0.216. The zero-order valence-electron chi connectivity index (χ0n) is 10.3. The zero-order chi connectivity index (χ0) is 12.6. The molecule has 0 bridgehead atoms. The summed E-state index contributed by atoms with van der Waals surface area (Å²) < 4.78 is 5.95. The molecular formula is C14H18ClNOS. The second kappa shape index (κ2) is 4.95. The Bertz CT molecular complexity index is 447. The lowest BCUT2D eigenvalue weighted by Gasteiger charge is -2.47. The molecule has 1 atom stereocenters. The molecule has 2 nitrogen and oxygen atoms in total. The Kier molecular flexibility index (Phi) is 3.48. The highest BCUT2D eigenvalue weighted by Gasteiger charge is 2.42. The molecule has 1 saturated carbocycles. The number of hydrogen-bond acceptors (Lipinski definition) is 3. The monoisotopic (exact) mass is 283 g/mol. The second-order valence-corrected chi connectivity index (χ2v) is 7.08. The quantitative estimate of drug-likeness (QED) is 0.830. The van der Waals surface area contributed by atoms with Gasteiger partial charge in [0.05, 0.1) is 16.3 Å². The number of nitrogens with two attached hydrogens (primary N) is 1. The fourth-order valence-electron chi connectivity index (χ4n) is 2.78. The second-order valence-electron chi connectivity index (χ2n) is 5.30. The van der Waals surface area contributed by atoms with Crippen LogP contribution < -0.4 is 5.73 Å². The van der Waals surface area contributed by atoms with Crippen LogP contribution in [0.2, 0.25) is 5.02 Å². The van der Waals surface area contributed by atoms with Crippen molar-refractivity contribution < 1.29 is 4.74 Å². The molecule has 18 heavy (non-hydrogen) atoms. The number of anilines is 1. The first-order valence-corrected chi connectivity index (χ1v) is 7.78. The third kappa shape index (κ3) is 2.49. The molecule has 0 amide bonds. The van der Waals surface area contributed by atoms with E-state index in [-0.39, 0.29) is 5.60 Å². The van der Waals surface area contributed by atoms with E-state index in [1.165, 1.54) is 30.6 Å². The van der Waals surface area contributed by atoms with E-state index in [0.29, 0.717) is 16.0 Å². The third-order valence-corrected chi connectivity index (χ3v) is 5.58. The molecule has 1 aliphatic carbocycles. The van der Waals surface area contributed by atoms with Crippen LogP contribution in [-0.2, 0) is 4.74 Å². The smallest absolute Gasteiger partial charge is 0.0693 e. The number of hydrogen-bond donors (Lipinski definition) is 1. The summed E-state index contributed by atoms with van der Waals surface area (Å²) in [5.41, 5.74) is 6.61. The van der Waals surface area contributed by atoms with Gasteiger partial charge in [0.2, 0.25) is 0 Å². The zero-order valence-corrected chi connectivity index (χ0v) is 11.9. The average Bonchev–Trinajstić information content (AvgIpc) is 2.32. The number of thioether (sulfide) groups is 1. The molecule has 2 fully saturated rings. The van der Waals surface area contributed by atoms with Crippen molar-refractivity contribution in [2.75, 3.05) is 12.3 Å². The van der Waals surface area contributed by atoms with Gasteiger partial charge in [-0.05, 0) is 50.3 Å². The molecule has 98 valence electrons. The number of nitrogen functional groups attached to an aromatic ring is 1. The Labute approximate surface area is 117 Å². The van der Waals surface area contributed by atoms with Crippen molar-refractivity contribution in [1.82, 2.24) is 0 Å². The van der Waals surface area contributed by atoms with E-state index in [2.05, 4.69) is 6.07 Å². The van der Waals surface area contributed by atoms with Gasteiger partial charge in [-0.1, -0.05) is 11.6 Å². The lowest BCUT2D eigenvalue weighted by molar-refractivity contribution is -0.125. The van der Waals surface area contributed by atoms with Gasteiger partial charge in [-0.25, -0.2) is 0 Å². The number of halogens is 1. The average molecular weight is 284 g/mol. The summed E-state index contributed by atoms with van der Waals surface area (Å²) in [6, 6.07) is 5.93. The molecule has 1 aliphatic heterocycles. The molecule has 2 N–H and O–H groups in total. The van der Waals surface area contributed by atoms with Gasteiger partial charge in [0.15, 0.2) is 0 Å². The van der Waals surface area contributed by atoms with Crippen molar-refractivity contribution in [2.45, 2.75) is 47.9 Å². The SMILES string of the molecule is Nc1ccc(SC2CCOC3(CCC3)C2)cc1Cl. The highest BCUT2D eigenvalue weighted by atomic mass is 35.5. The normalized spacial score (nSPS) is 25.9. The summed E-state index contributed by atoms with van der Waals surface area (Å²) in [5, 5.41) is 1.31. The van der Waals surface area contributed by atoms with Gasteiger partial charge >= 0.3 is 0 Å². The molecule has 0 aromatic heterocycles. The van der Waals surface area contributed by atoms with Crippen molar-refractivity contribution in [3.8, 4) is 0 Å². The lowest BCUT2D eigenvalue weighted by atomic mass is 9.75. The van der Waals surface area contributed by atoms with E-state index in [1.807, 2.05) is 23.9 Å². The Hall–Kier alpha value is -0.380. The minimum Gasteiger partial charge on any atom is -0.398 e. The Morgan fingerprint density at radius 2 is 2.22 bits per heavy atom. The van der Waals surface area contributed by atoms with Crippen LogP contribution in [0.15, 0.2) is 23.1 Å². The molecular weight excluding hydrogens is 266 g/mol. The maximum absolute atomic E-state index is 6.06. The highest BCUT2D eigenvalue weighted by molar-refractivity contribution is 8.00. The molecule has 1 aromatic carbocycles. The van der Waals surface area contributed by atoms with Crippen LogP contribution in [0.1, 0.15) is 32.1 Å². The summed E-state index contributed by atoms with van der Waals surface area (Å²) in [7, 11) is 0. The fraction of sp³-hybridized carbons (Fsp3) is 0.571. The number of ether oxygens (including phenoxy) is 1. The molecule has 2 aliphatic rings. The van der Waals surface area contributed by atoms with Crippen LogP contribution in [0.3, 0.4) is 0 Å². The third-order valence-electron chi connectivity index (χ3n) is 3.99. The predicted octanol–water partition coefficient (Wildman–Crippen LogP) is 4.12. The topological polar surface area (TPSA) is 35.2 Å². The standard InChI is InChI=1S/C14H18ClNOS/c15-12-8-10(2-3-13(12)16)18-11-4-7-17-14(9-11)5-1-6-14/h2-3,8,11H,1,4-7,9,16H2. The molecule has 1 saturated heterocycles. The van der Waals surface area contributed by atoms with Gasteiger partial charge in [-0.2, -0.15) is 0 Å². The number of benzene rings is 1. The number of rotatable bonds is 2. The maximum Gasteiger partial charge on any atom is 0.0693 e. The summed E-state index contributed by atoms with van der Waals surface area (Å²) in [6.07, 6.45) is 6.12. The Morgan fingerprint density at radius 3 is 2.89 bits per heavy atom. The van der Waals surface area contributed by atoms with E-state index in [0.717, 1.165) is 13.0 Å². The van der Waals surface area contributed by atoms with Crippen molar-refractivity contribution in [1.29, 1.82) is 0 Å². The van der Waals surface area contributed by atoms with Gasteiger partial charge in [-0.15, -0.1) is 11.8 Å². The molecule has 1 aromatic rings. The molecule has 0 radical (unpaired) electrons. The summed E-state index contributed by atoms with van der Waals surface area (Å²) in [5.74, 6) is 0. The van der Waals surface area contributed by atoms with E-state index in [9.17, 15) is 0 Å². The summed E-state index contributed by atoms with van der Waals surface area (Å²) in [4.78, 5) is 1.22. The molecule has 1 unspecified atom stereocenters. The fourth-order valence-corrected chi connectivity index (χ4v) is 4.34. The van der Waals surface area contributed by atoms with Gasteiger partial charge in [0.25, 0.3) is 0 Å². The van der Waals surface area contributed by atoms with Gasteiger partial charge < -0.3 is 10.5 Å². The Morgan fingerprint density at radius 1 is 1.39 bits per heavy atom. The van der Waals surface area contributed by atoms with Crippen molar-refractivity contribution in [3.05, 3.63) is 23.2 Å². The Balaban J connectivity index is 1.66. The van der Waals surface area contributed by atoms with Crippen LogP contribution in [0.4, 0.5) is 5.69 Å². The van der Waals surface area contributed by atoms with Gasteiger partial charge in [-0.3, -0.25) is 0 Å². The lowest BCUT2D eigenvalue weighted by Crippen LogP contribution is -2.46. The van der Waals surface area contributed by atoms with Crippen molar-refractivity contribution >= 4 is 29.1 Å². The van der Waals surface area contributed by atoms with Crippen LogP contribution in [0.25, 0.3) is 0 Å². The predicted molar refractivity (Wildman–Crippen MR) is 77.3 cm³/mol. The van der Waals surface area contributed by atoms with Crippen LogP contribution in [-0.4, -0.2) is 17.5 Å². The van der Waals surface area contributed by atoms with Crippen molar-refractivity contribution in [2.24, 2.45) is 0 Å². The van der Waals surface area contributed by atoms with Gasteiger partial charge in [0, 0.05) is 16.8 Å². The van der Waals surface area contributed by atoms with Crippen molar-refractivity contribution in [3.63, 3.8) is 0 Å². The van der Waals surface area contributed by atoms with Gasteiger partial charge in [0.1, 0.15) is 0 Å². The van der Waals surface area contributed by atoms with Crippen LogP contribution in [0.5, 0.6) is 0 Å². The van der Waals surface area contributed by atoms with E-state index >= 15 is 0 Å². The van der Waals surface area contributed by atoms with E-state index in [4.69, 9.17) is 22.1 Å².